The minimum atomic E-state index is 0.0291. The Balaban J connectivity index is 1.62. The maximum absolute atomic E-state index is 5.09. The summed E-state index contributed by atoms with van der Waals surface area (Å²) in [5, 5.41) is 4.63. The van der Waals surface area contributed by atoms with Crippen LogP contribution in [0.3, 0.4) is 0 Å². The summed E-state index contributed by atoms with van der Waals surface area (Å²) in [6, 6.07) is 22.7. The van der Waals surface area contributed by atoms with Gasteiger partial charge in [-0.25, -0.2) is 9.97 Å². The first-order valence-electron chi connectivity index (χ1n) is 10.6. The third kappa shape index (κ3) is 4.13. The Morgan fingerprint density at radius 1 is 0.935 bits per heavy atom. The van der Waals surface area contributed by atoms with Gasteiger partial charge in [-0.1, -0.05) is 60.5 Å². The summed E-state index contributed by atoms with van der Waals surface area (Å²) >= 11 is 1.65. The molecule has 0 saturated heterocycles. The fraction of sp³-hybridized carbons (Fsp3) is 0.240. The van der Waals surface area contributed by atoms with Gasteiger partial charge in [0.1, 0.15) is 11.6 Å². The quantitative estimate of drug-likeness (QED) is 0.377. The Bertz CT molecular complexity index is 1180. The van der Waals surface area contributed by atoms with Crippen molar-refractivity contribution in [1.29, 1.82) is 0 Å². The molecule has 1 aliphatic carbocycles. The Labute approximate surface area is 186 Å². The van der Waals surface area contributed by atoms with Crippen molar-refractivity contribution in [2.75, 3.05) is 18.1 Å². The van der Waals surface area contributed by atoms with Crippen LogP contribution in [0.15, 0.2) is 72.9 Å². The number of pyridine rings is 1. The number of nitrogens with zero attached hydrogens (tertiary/aromatic N) is 3. The molecule has 0 unspecified atom stereocenters. The lowest BCUT2D eigenvalue weighted by molar-refractivity contribution is 0.632. The van der Waals surface area contributed by atoms with Crippen molar-refractivity contribution in [3.8, 4) is 11.1 Å². The molecule has 1 aliphatic rings. The zero-order valence-electron chi connectivity index (χ0n) is 17.5. The van der Waals surface area contributed by atoms with E-state index in [1.165, 1.54) is 0 Å². The average Bonchev–Trinajstić information content (AvgIpc) is 3.63. The topological polar surface area (TPSA) is 62.7 Å². The van der Waals surface area contributed by atoms with Gasteiger partial charge in [0.2, 0.25) is 0 Å². The van der Waals surface area contributed by atoms with Crippen LogP contribution in [0.1, 0.15) is 24.4 Å². The second-order valence-corrected chi connectivity index (χ2v) is 8.64. The van der Waals surface area contributed by atoms with Crippen molar-refractivity contribution in [1.82, 2.24) is 19.7 Å². The van der Waals surface area contributed by atoms with Gasteiger partial charge in [-0.2, -0.15) is 0 Å². The van der Waals surface area contributed by atoms with Crippen LogP contribution in [0.25, 0.3) is 22.0 Å². The van der Waals surface area contributed by atoms with E-state index in [-0.39, 0.29) is 5.41 Å². The molecule has 4 aromatic rings. The predicted molar refractivity (Wildman–Crippen MR) is 129 cm³/mol. The van der Waals surface area contributed by atoms with E-state index >= 15 is 0 Å². The van der Waals surface area contributed by atoms with Crippen LogP contribution in [-0.2, 0) is 12.0 Å². The fourth-order valence-electron chi connectivity index (χ4n) is 3.92. The van der Waals surface area contributed by atoms with E-state index in [0.29, 0.717) is 6.54 Å². The van der Waals surface area contributed by atoms with Gasteiger partial charge in [-0.15, -0.1) is 0 Å². The molecular formula is C25H25N5S. The van der Waals surface area contributed by atoms with Crippen molar-refractivity contribution >= 4 is 28.7 Å². The monoisotopic (exact) mass is 427 g/mol. The lowest BCUT2D eigenvalue weighted by atomic mass is 10.00. The van der Waals surface area contributed by atoms with Crippen molar-refractivity contribution in [3.05, 3.63) is 84.4 Å². The van der Waals surface area contributed by atoms with Gasteiger partial charge in [0.25, 0.3) is 0 Å². The highest BCUT2D eigenvalue weighted by Crippen LogP contribution is 2.47. The summed E-state index contributed by atoms with van der Waals surface area (Å²) in [7, 11) is 0. The van der Waals surface area contributed by atoms with Gasteiger partial charge in [0, 0.05) is 18.2 Å². The maximum atomic E-state index is 5.09. The Hall–Kier alpha value is -2.96. The van der Waals surface area contributed by atoms with Crippen molar-refractivity contribution in [3.63, 3.8) is 0 Å². The number of benzene rings is 2. The van der Waals surface area contributed by atoms with Gasteiger partial charge in [0.15, 0.2) is 0 Å². The molecule has 1 saturated carbocycles. The molecule has 2 N–H and O–H groups in total. The number of hydrogen-bond acceptors (Lipinski definition) is 6. The van der Waals surface area contributed by atoms with Crippen LogP contribution >= 0.6 is 11.9 Å². The van der Waals surface area contributed by atoms with Crippen molar-refractivity contribution in [2.24, 2.45) is 0 Å². The fourth-order valence-corrected chi connectivity index (χ4v) is 4.34. The van der Waals surface area contributed by atoms with Crippen LogP contribution in [0, 0.1) is 0 Å². The first-order chi connectivity index (χ1) is 15.3. The minimum absolute atomic E-state index is 0.0291. The van der Waals surface area contributed by atoms with Crippen LogP contribution in [0.2, 0.25) is 0 Å². The first kappa shape index (κ1) is 20.0. The molecule has 2 aromatic heterocycles. The van der Waals surface area contributed by atoms with Crippen LogP contribution in [-0.4, -0.2) is 27.8 Å². The van der Waals surface area contributed by atoms with Crippen LogP contribution < -0.4 is 10.0 Å². The van der Waals surface area contributed by atoms with Crippen LogP contribution in [0.5, 0.6) is 0 Å². The molecule has 0 atom stereocenters. The Kier molecular flexibility index (Phi) is 5.57. The highest BCUT2D eigenvalue weighted by atomic mass is 32.2. The highest BCUT2D eigenvalue weighted by Gasteiger charge is 2.47. The van der Waals surface area contributed by atoms with E-state index < -0.39 is 0 Å². The summed E-state index contributed by atoms with van der Waals surface area (Å²) in [5.74, 6) is 1.80. The number of anilines is 1. The molecule has 0 radical (unpaired) electrons. The van der Waals surface area contributed by atoms with Gasteiger partial charge >= 0.3 is 0 Å². The van der Waals surface area contributed by atoms with E-state index in [1.54, 1.807) is 11.9 Å². The van der Waals surface area contributed by atoms with E-state index in [9.17, 15) is 0 Å². The summed E-state index contributed by atoms with van der Waals surface area (Å²) in [6.07, 6.45) is 6.11. The third-order valence-electron chi connectivity index (χ3n) is 5.85. The second kappa shape index (κ2) is 8.65. The average molecular weight is 428 g/mol. The van der Waals surface area contributed by atoms with Gasteiger partial charge < -0.3 is 5.32 Å². The lowest BCUT2D eigenvalue weighted by Gasteiger charge is -2.18. The molecule has 5 nitrogen and oxygen atoms in total. The smallest absolute Gasteiger partial charge is 0.138 e. The largest absolute Gasteiger partial charge is 0.364 e. The van der Waals surface area contributed by atoms with E-state index in [0.717, 1.165) is 58.8 Å². The number of rotatable bonds is 8. The second-order valence-electron chi connectivity index (χ2n) is 7.94. The molecule has 5 rings (SSSR count). The Morgan fingerprint density at radius 3 is 2.52 bits per heavy atom. The molecule has 0 spiro atoms. The number of nitrogens with one attached hydrogen (secondary N) is 2. The van der Waals surface area contributed by atoms with E-state index in [1.807, 2.05) is 30.5 Å². The SMILES string of the molecule is CSNCC1(c2nc(NCc3ccccn3)c3c(-c4ccccc4)cccc3n2)CC1. The normalized spacial score (nSPS) is 14.5. The summed E-state index contributed by atoms with van der Waals surface area (Å²) in [6.45, 7) is 1.50. The number of aromatic nitrogens is 3. The summed E-state index contributed by atoms with van der Waals surface area (Å²) < 4.78 is 3.42. The molecule has 0 amide bonds. The highest BCUT2D eigenvalue weighted by molar-refractivity contribution is 7.96. The standard InChI is InChI=1S/C25H25N5S/c1-31-28-17-25(13-14-25)24-29-21-12-7-11-20(18-8-3-2-4-9-18)22(21)23(30-24)27-16-19-10-5-6-15-26-19/h2-12,15,28H,13-14,16-17H2,1H3,(H,27,29,30). The van der Waals surface area contributed by atoms with Crippen LogP contribution in [0.4, 0.5) is 5.82 Å². The number of hydrogen-bond donors (Lipinski definition) is 2. The van der Waals surface area contributed by atoms with Gasteiger partial charge in [-0.3, -0.25) is 9.71 Å². The molecular weight excluding hydrogens is 402 g/mol. The number of fused-ring (bicyclic) bond motifs is 1. The third-order valence-corrected chi connectivity index (χ3v) is 6.29. The molecule has 0 bridgehead atoms. The van der Waals surface area contributed by atoms with E-state index in [2.05, 4.69) is 63.7 Å². The van der Waals surface area contributed by atoms with Gasteiger partial charge in [-0.05, 0) is 48.4 Å². The molecule has 156 valence electrons. The zero-order chi connectivity index (χ0) is 21.1. The van der Waals surface area contributed by atoms with Gasteiger partial charge in [0.05, 0.1) is 23.1 Å². The maximum Gasteiger partial charge on any atom is 0.138 e. The zero-order valence-corrected chi connectivity index (χ0v) is 18.3. The minimum Gasteiger partial charge on any atom is -0.364 e. The molecule has 6 heteroatoms. The summed E-state index contributed by atoms with van der Waals surface area (Å²) in [5.41, 5.74) is 4.29. The van der Waals surface area contributed by atoms with Crippen molar-refractivity contribution in [2.45, 2.75) is 24.8 Å². The Morgan fingerprint density at radius 2 is 1.77 bits per heavy atom. The molecule has 31 heavy (non-hydrogen) atoms. The molecule has 1 fully saturated rings. The van der Waals surface area contributed by atoms with Crippen molar-refractivity contribution < 1.29 is 0 Å². The molecule has 2 aromatic carbocycles. The summed E-state index contributed by atoms with van der Waals surface area (Å²) in [4.78, 5) is 14.6. The first-order valence-corrected chi connectivity index (χ1v) is 11.8. The molecule has 2 heterocycles. The molecule has 0 aliphatic heterocycles. The lowest BCUT2D eigenvalue weighted by Crippen LogP contribution is -2.25. The van der Waals surface area contributed by atoms with E-state index in [4.69, 9.17) is 9.97 Å². The predicted octanol–water partition coefficient (Wildman–Crippen LogP) is 5.20.